The van der Waals surface area contributed by atoms with Crippen LogP contribution in [0.25, 0.3) is 11.3 Å². The summed E-state index contributed by atoms with van der Waals surface area (Å²) in [4.78, 5) is 22.7. The van der Waals surface area contributed by atoms with Crippen LogP contribution in [0.15, 0.2) is 30.6 Å². The number of hydrogen-bond donors (Lipinski definition) is 1. The van der Waals surface area contributed by atoms with E-state index in [1.165, 1.54) is 5.56 Å². The Hall–Kier alpha value is -2.89. The minimum Gasteiger partial charge on any atom is -0.342 e. The van der Waals surface area contributed by atoms with Gasteiger partial charge in [0.05, 0.1) is 17.6 Å². The molecule has 140 valence electrons. The Morgan fingerprint density at radius 2 is 2.11 bits per heavy atom. The van der Waals surface area contributed by atoms with Crippen molar-refractivity contribution < 1.29 is 4.79 Å². The number of amides is 1. The third kappa shape index (κ3) is 3.05. The molecule has 0 spiro atoms. The summed E-state index contributed by atoms with van der Waals surface area (Å²) in [6.45, 7) is 6.85. The molecule has 0 aliphatic carbocycles. The molecule has 1 N–H and O–H groups in total. The second-order valence-corrected chi connectivity index (χ2v) is 7.33. The van der Waals surface area contributed by atoms with Crippen LogP contribution in [0.4, 0.5) is 5.69 Å². The average Bonchev–Trinajstić information content (AvgIpc) is 3.33. The summed E-state index contributed by atoms with van der Waals surface area (Å²) in [7, 11) is 1.91. The number of carbonyl (C=O) groups excluding carboxylic acids is 1. The van der Waals surface area contributed by atoms with Crippen LogP contribution in [-0.4, -0.2) is 32.2 Å². The van der Waals surface area contributed by atoms with E-state index in [0.717, 1.165) is 40.4 Å². The van der Waals surface area contributed by atoms with E-state index in [-0.39, 0.29) is 11.8 Å². The minimum absolute atomic E-state index is 0.0764. The van der Waals surface area contributed by atoms with Gasteiger partial charge in [-0.3, -0.25) is 9.48 Å². The first-order chi connectivity index (χ1) is 13.0. The van der Waals surface area contributed by atoms with Crippen molar-refractivity contribution >= 4 is 11.6 Å². The molecule has 6 nitrogen and oxygen atoms in total. The number of H-pyrrole nitrogens is 1. The van der Waals surface area contributed by atoms with Crippen molar-refractivity contribution in [3.05, 3.63) is 53.2 Å². The first-order valence-corrected chi connectivity index (χ1v) is 9.42. The van der Waals surface area contributed by atoms with Crippen LogP contribution >= 0.6 is 0 Å². The number of anilines is 1. The van der Waals surface area contributed by atoms with Gasteiger partial charge in [-0.25, -0.2) is 4.98 Å². The molecule has 1 saturated heterocycles. The third-order valence-corrected chi connectivity index (χ3v) is 5.38. The summed E-state index contributed by atoms with van der Waals surface area (Å²) < 4.78 is 1.80. The van der Waals surface area contributed by atoms with E-state index in [4.69, 9.17) is 0 Å². The van der Waals surface area contributed by atoms with Gasteiger partial charge in [-0.15, -0.1) is 0 Å². The van der Waals surface area contributed by atoms with Gasteiger partial charge in [0.1, 0.15) is 5.82 Å². The van der Waals surface area contributed by atoms with E-state index >= 15 is 0 Å². The van der Waals surface area contributed by atoms with Crippen LogP contribution < -0.4 is 4.90 Å². The summed E-state index contributed by atoms with van der Waals surface area (Å²) in [5.74, 6) is 1.11. The topological polar surface area (TPSA) is 66.8 Å². The minimum atomic E-state index is 0.0764. The number of imidazole rings is 1. The zero-order valence-corrected chi connectivity index (χ0v) is 16.3. The fourth-order valence-electron chi connectivity index (χ4n) is 4.04. The lowest BCUT2D eigenvalue weighted by Crippen LogP contribution is -2.26. The second kappa shape index (κ2) is 6.68. The fraction of sp³-hybridized carbons (Fsp3) is 0.381. The van der Waals surface area contributed by atoms with Crippen molar-refractivity contribution in [3.8, 4) is 11.3 Å². The van der Waals surface area contributed by atoms with Gasteiger partial charge in [-0.2, -0.15) is 5.10 Å². The van der Waals surface area contributed by atoms with Gasteiger partial charge in [-0.1, -0.05) is 25.1 Å². The molecule has 0 saturated carbocycles. The van der Waals surface area contributed by atoms with Crippen LogP contribution in [0.3, 0.4) is 0 Å². The van der Waals surface area contributed by atoms with E-state index in [0.29, 0.717) is 13.0 Å². The molecule has 0 unspecified atom stereocenters. The monoisotopic (exact) mass is 363 g/mol. The maximum atomic E-state index is 12.8. The Morgan fingerprint density at radius 1 is 1.30 bits per heavy atom. The molecule has 1 amide bonds. The molecule has 1 atom stereocenters. The number of nitrogens with one attached hydrogen (secondary N) is 1. The van der Waals surface area contributed by atoms with Gasteiger partial charge in [0.25, 0.3) is 0 Å². The van der Waals surface area contributed by atoms with Gasteiger partial charge < -0.3 is 9.88 Å². The van der Waals surface area contributed by atoms with E-state index in [1.54, 1.807) is 4.68 Å². The Balaban J connectivity index is 1.61. The lowest BCUT2D eigenvalue weighted by Gasteiger charge is -2.22. The largest absolute Gasteiger partial charge is 0.342 e. The fourth-order valence-corrected chi connectivity index (χ4v) is 4.04. The number of nitrogens with zero attached hydrogens (tertiary/aromatic N) is 4. The molecule has 2 aromatic heterocycles. The Bertz CT molecular complexity index is 1000. The maximum Gasteiger partial charge on any atom is 0.227 e. The zero-order chi connectivity index (χ0) is 19.1. The molecule has 6 heteroatoms. The van der Waals surface area contributed by atoms with Gasteiger partial charge in [0.2, 0.25) is 5.91 Å². The van der Waals surface area contributed by atoms with Crippen LogP contribution in [0, 0.1) is 13.8 Å². The molecule has 4 rings (SSSR count). The van der Waals surface area contributed by atoms with Crippen LogP contribution in [-0.2, 0) is 18.3 Å². The average molecular weight is 363 g/mol. The Labute approximate surface area is 159 Å². The van der Waals surface area contributed by atoms with Crippen LogP contribution in [0.5, 0.6) is 0 Å². The van der Waals surface area contributed by atoms with Gasteiger partial charge in [0, 0.05) is 43.4 Å². The van der Waals surface area contributed by atoms with Crippen molar-refractivity contribution in [1.82, 2.24) is 19.7 Å². The molecular formula is C21H25N5O. The van der Waals surface area contributed by atoms with E-state index in [1.807, 2.05) is 31.3 Å². The summed E-state index contributed by atoms with van der Waals surface area (Å²) in [6.07, 6.45) is 5.23. The standard InChI is InChI=1S/C21H25N5O/c1-5-15-8-6-7-13(2)20(15)26-11-16(9-19(26)27)21-22-10-18(23-21)17-12-25(4)24-14(17)3/h6-8,10,12,16H,5,9,11H2,1-4H3,(H,22,23)/t16-/m1/s1. The van der Waals surface area contributed by atoms with Crippen LogP contribution in [0.2, 0.25) is 0 Å². The number of para-hydroxylation sites is 1. The molecule has 3 aromatic rings. The van der Waals surface area contributed by atoms with E-state index in [2.05, 4.69) is 47.1 Å². The molecular weight excluding hydrogens is 338 g/mol. The van der Waals surface area contributed by atoms with Crippen LogP contribution in [0.1, 0.15) is 41.9 Å². The summed E-state index contributed by atoms with van der Waals surface area (Å²) in [6, 6.07) is 6.25. The molecule has 3 heterocycles. The highest BCUT2D eigenvalue weighted by Gasteiger charge is 2.34. The summed E-state index contributed by atoms with van der Waals surface area (Å²) in [5, 5.41) is 4.39. The molecule has 1 aliphatic heterocycles. The molecule has 1 aromatic carbocycles. The first kappa shape index (κ1) is 17.5. The Kier molecular flexibility index (Phi) is 4.34. The number of benzene rings is 1. The lowest BCUT2D eigenvalue weighted by molar-refractivity contribution is -0.117. The number of aromatic nitrogens is 4. The maximum absolute atomic E-state index is 12.8. The second-order valence-electron chi connectivity index (χ2n) is 7.33. The quantitative estimate of drug-likeness (QED) is 0.771. The SMILES string of the molecule is CCc1cccc(C)c1N1C[C@H](c2ncc(-c3cn(C)nc3C)[nH]2)CC1=O. The van der Waals surface area contributed by atoms with Gasteiger partial charge in [-0.05, 0) is 31.4 Å². The first-order valence-electron chi connectivity index (χ1n) is 9.42. The van der Waals surface area contributed by atoms with Crippen molar-refractivity contribution in [2.24, 2.45) is 7.05 Å². The number of carbonyl (C=O) groups is 1. The number of aryl methyl sites for hydroxylation is 4. The van der Waals surface area contributed by atoms with E-state index < -0.39 is 0 Å². The summed E-state index contributed by atoms with van der Waals surface area (Å²) >= 11 is 0. The molecule has 27 heavy (non-hydrogen) atoms. The number of aromatic amines is 1. The molecule has 1 aliphatic rings. The van der Waals surface area contributed by atoms with Crippen molar-refractivity contribution in [2.45, 2.75) is 39.5 Å². The molecule has 0 radical (unpaired) electrons. The van der Waals surface area contributed by atoms with Gasteiger partial charge >= 0.3 is 0 Å². The van der Waals surface area contributed by atoms with Crippen molar-refractivity contribution in [2.75, 3.05) is 11.4 Å². The predicted molar refractivity (Wildman–Crippen MR) is 106 cm³/mol. The highest BCUT2D eigenvalue weighted by Crippen LogP contribution is 2.35. The smallest absolute Gasteiger partial charge is 0.227 e. The predicted octanol–water partition coefficient (Wildman–Crippen LogP) is 3.51. The normalized spacial score (nSPS) is 17.1. The number of rotatable bonds is 4. The number of hydrogen-bond acceptors (Lipinski definition) is 3. The summed E-state index contributed by atoms with van der Waals surface area (Å²) in [5.41, 5.74) is 6.40. The lowest BCUT2D eigenvalue weighted by atomic mass is 10.0. The third-order valence-electron chi connectivity index (χ3n) is 5.38. The van der Waals surface area contributed by atoms with Gasteiger partial charge in [0.15, 0.2) is 0 Å². The highest BCUT2D eigenvalue weighted by molar-refractivity contribution is 5.97. The van der Waals surface area contributed by atoms with E-state index in [9.17, 15) is 4.79 Å². The molecule has 1 fully saturated rings. The zero-order valence-electron chi connectivity index (χ0n) is 16.3. The Morgan fingerprint density at radius 3 is 2.81 bits per heavy atom. The van der Waals surface area contributed by atoms with Crippen molar-refractivity contribution in [1.29, 1.82) is 0 Å². The van der Waals surface area contributed by atoms with Crippen molar-refractivity contribution in [3.63, 3.8) is 0 Å². The highest BCUT2D eigenvalue weighted by atomic mass is 16.2. The molecule has 0 bridgehead atoms.